The molecule has 2 aromatic rings. The van der Waals surface area contributed by atoms with Crippen molar-refractivity contribution < 1.29 is 9.50 Å². The fraction of sp³-hybridized carbons (Fsp3) is 0.385. The number of hydrogen-bond acceptors (Lipinski definition) is 3. The Balaban J connectivity index is 1.70. The highest BCUT2D eigenvalue weighted by Gasteiger charge is 2.39. The summed E-state index contributed by atoms with van der Waals surface area (Å²) in [5.41, 5.74) is 1.09. The molecular formula is C13H14FN3O. The predicted molar refractivity (Wildman–Crippen MR) is 64.2 cm³/mol. The van der Waals surface area contributed by atoms with Gasteiger partial charge in [-0.05, 0) is 43.5 Å². The van der Waals surface area contributed by atoms with Crippen LogP contribution in [-0.2, 0) is 6.54 Å². The Labute approximate surface area is 104 Å². The third kappa shape index (κ3) is 2.41. The summed E-state index contributed by atoms with van der Waals surface area (Å²) in [6, 6.07) is 6.17. The highest BCUT2D eigenvalue weighted by molar-refractivity contribution is 5.57. The van der Waals surface area contributed by atoms with E-state index in [9.17, 15) is 9.50 Å². The normalized spacial score (nSPS) is 16.8. The first-order chi connectivity index (χ1) is 8.65. The topological polar surface area (TPSA) is 50.9 Å². The summed E-state index contributed by atoms with van der Waals surface area (Å²) in [5, 5.41) is 17.8. The van der Waals surface area contributed by atoms with Crippen LogP contribution in [-0.4, -0.2) is 25.7 Å². The van der Waals surface area contributed by atoms with Gasteiger partial charge in [-0.25, -0.2) is 4.39 Å². The Kier molecular flexibility index (Phi) is 2.63. The number of benzene rings is 1. The predicted octanol–water partition coefficient (Wildman–Crippen LogP) is 2.00. The van der Waals surface area contributed by atoms with Crippen LogP contribution in [0.25, 0.3) is 11.3 Å². The molecule has 0 amide bonds. The van der Waals surface area contributed by atoms with Gasteiger partial charge in [-0.3, -0.25) is 4.68 Å². The van der Waals surface area contributed by atoms with Gasteiger partial charge in [0.1, 0.15) is 11.5 Å². The number of halogens is 1. The first-order valence-corrected chi connectivity index (χ1v) is 6.03. The van der Waals surface area contributed by atoms with Gasteiger partial charge in [0.15, 0.2) is 0 Å². The Morgan fingerprint density at radius 2 is 2.00 bits per heavy atom. The lowest BCUT2D eigenvalue weighted by Gasteiger charge is -2.05. The monoisotopic (exact) mass is 247 g/mol. The van der Waals surface area contributed by atoms with E-state index in [0.717, 1.165) is 24.1 Å². The van der Waals surface area contributed by atoms with Crippen LogP contribution in [0.1, 0.15) is 19.3 Å². The average Bonchev–Trinajstić information content (AvgIpc) is 2.92. The first-order valence-electron chi connectivity index (χ1n) is 6.03. The van der Waals surface area contributed by atoms with E-state index in [1.54, 1.807) is 16.8 Å². The SMILES string of the molecule is OC1(CCn2cc(-c3ccc(F)cc3)nn2)CC1. The molecule has 5 heteroatoms. The number of aliphatic hydroxyl groups is 1. The van der Waals surface area contributed by atoms with Gasteiger partial charge in [-0.15, -0.1) is 5.10 Å². The van der Waals surface area contributed by atoms with E-state index >= 15 is 0 Å². The van der Waals surface area contributed by atoms with Crippen molar-refractivity contribution in [2.45, 2.75) is 31.4 Å². The number of aromatic nitrogens is 3. The summed E-state index contributed by atoms with van der Waals surface area (Å²) < 4.78 is 14.5. The van der Waals surface area contributed by atoms with Crippen molar-refractivity contribution >= 4 is 0 Å². The second-order valence-electron chi connectivity index (χ2n) is 4.85. The molecule has 0 saturated heterocycles. The summed E-state index contributed by atoms with van der Waals surface area (Å²) >= 11 is 0. The van der Waals surface area contributed by atoms with Gasteiger partial charge in [0.2, 0.25) is 0 Å². The lowest BCUT2D eigenvalue weighted by molar-refractivity contribution is 0.132. The highest BCUT2D eigenvalue weighted by atomic mass is 19.1. The van der Waals surface area contributed by atoms with Gasteiger partial charge in [0, 0.05) is 12.1 Å². The lowest BCUT2D eigenvalue weighted by atomic mass is 10.2. The van der Waals surface area contributed by atoms with Gasteiger partial charge >= 0.3 is 0 Å². The lowest BCUT2D eigenvalue weighted by Crippen LogP contribution is -2.11. The van der Waals surface area contributed by atoms with Gasteiger partial charge in [-0.1, -0.05) is 5.21 Å². The molecule has 4 nitrogen and oxygen atoms in total. The zero-order valence-corrected chi connectivity index (χ0v) is 9.88. The van der Waals surface area contributed by atoms with Gasteiger partial charge in [0.05, 0.1) is 11.8 Å². The van der Waals surface area contributed by atoms with E-state index in [-0.39, 0.29) is 5.82 Å². The fourth-order valence-electron chi connectivity index (χ4n) is 1.88. The third-order valence-electron chi connectivity index (χ3n) is 3.31. The van der Waals surface area contributed by atoms with Crippen molar-refractivity contribution in [1.82, 2.24) is 15.0 Å². The largest absolute Gasteiger partial charge is 0.390 e. The standard InChI is InChI=1S/C13H14FN3O/c14-11-3-1-10(2-4-11)12-9-17(16-15-12)8-7-13(18)5-6-13/h1-4,9,18H,5-8H2. The van der Waals surface area contributed by atoms with Crippen LogP contribution < -0.4 is 0 Å². The quantitative estimate of drug-likeness (QED) is 0.899. The van der Waals surface area contributed by atoms with Crippen LogP contribution in [0.4, 0.5) is 4.39 Å². The van der Waals surface area contributed by atoms with Crippen molar-refractivity contribution in [2.24, 2.45) is 0 Å². The number of hydrogen-bond donors (Lipinski definition) is 1. The molecule has 1 heterocycles. The van der Waals surface area contributed by atoms with Gasteiger partial charge in [0.25, 0.3) is 0 Å². The molecule has 0 radical (unpaired) electrons. The molecule has 94 valence electrons. The number of aryl methyl sites for hydroxylation is 1. The van der Waals surface area contributed by atoms with Crippen LogP contribution in [0.3, 0.4) is 0 Å². The Hall–Kier alpha value is -1.75. The molecule has 0 spiro atoms. The maximum atomic E-state index is 12.8. The Morgan fingerprint density at radius 1 is 1.28 bits per heavy atom. The van der Waals surface area contributed by atoms with Crippen LogP contribution in [0.2, 0.25) is 0 Å². The minimum Gasteiger partial charge on any atom is -0.390 e. The summed E-state index contributed by atoms with van der Waals surface area (Å²) in [4.78, 5) is 0. The number of nitrogens with zero attached hydrogens (tertiary/aromatic N) is 3. The van der Waals surface area contributed by atoms with E-state index in [1.807, 2.05) is 6.20 Å². The third-order valence-corrected chi connectivity index (χ3v) is 3.31. The van der Waals surface area contributed by atoms with E-state index in [2.05, 4.69) is 10.3 Å². The van der Waals surface area contributed by atoms with Crippen LogP contribution in [0.15, 0.2) is 30.5 Å². The second kappa shape index (κ2) is 4.17. The molecule has 1 aliphatic rings. The molecule has 1 saturated carbocycles. The second-order valence-corrected chi connectivity index (χ2v) is 4.85. The molecule has 0 bridgehead atoms. The van der Waals surface area contributed by atoms with E-state index < -0.39 is 5.60 Å². The van der Waals surface area contributed by atoms with E-state index in [4.69, 9.17) is 0 Å². The van der Waals surface area contributed by atoms with Gasteiger partial charge < -0.3 is 5.11 Å². The zero-order chi connectivity index (χ0) is 12.6. The minimum absolute atomic E-state index is 0.262. The summed E-state index contributed by atoms with van der Waals surface area (Å²) in [5.74, 6) is -0.262. The van der Waals surface area contributed by atoms with Crippen molar-refractivity contribution in [3.63, 3.8) is 0 Å². The van der Waals surface area contributed by atoms with Crippen molar-refractivity contribution in [3.05, 3.63) is 36.3 Å². The van der Waals surface area contributed by atoms with Crippen LogP contribution >= 0.6 is 0 Å². The van der Waals surface area contributed by atoms with Crippen LogP contribution in [0.5, 0.6) is 0 Å². The molecule has 0 atom stereocenters. The maximum absolute atomic E-state index is 12.8. The summed E-state index contributed by atoms with van der Waals surface area (Å²) in [6.45, 7) is 0.657. The van der Waals surface area contributed by atoms with Crippen molar-refractivity contribution in [1.29, 1.82) is 0 Å². The van der Waals surface area contributed by atoms with Crippen molar-refractivity contribution in [3.8, 4) is 11.3 Å². The van der Waals surface area contributed by atoms with Crippen LogP contribution in [0, 0.1) is 5.82 Å². The van der Waals surface area contributed by atoms with Gasteiger partial charge in [-0.2, -0.15) is 0 Å². The molecule has 1 N–H and O–H groups in total. The fourth-order valence-corrected chi connectivity index (χ4v) is 1.88. The molecular weight excluding hydrogens is 233 g/mol. The highest BCUT2D eigenvalue weighted by Crippen LogP contribution is 2.38. The average molecular weight is 247 g/mol. The zero-order valence-electron chi connectivity index (χ0n) is 9.88. The molecule has 1 aromatic heterocycles. The Morgan fingerprint density at radius 3 is 2.67 bits per heavy atom. The molecule has 3 rings (SSSR count). The molecule has 0 unspecified atom stereocenters. The summed E-state index contributed by atoms with van der Waals surface area (Å²) in [6.07, 6.45) is 4.29. The first kappa shape index (κ1) is 11.3. The smallest absolute Gasteiger partial charge is 0.123 e. The Bertz CT molecular complexity index is 546. The molecule has 1 fully saturated rings. The molecule has 0 aliphatic heterocycles. The molecule has 1 aliphatic carbocycles. The summed E-state index contributed by atoms with van der Waals surface area (Å²) in [7, 11) is 0. The number of rotatable bonds is 4. The maximum Gasteiger partial charge on any atom is 0.123 e. The van der Waals surface area contributed by atoms with E-state index in [0.29, 0.717) is 13.0 Å². The molecule has 1 aromatic carbocycles. The molecule has 18 heavy (non-hydrogen) atoms. The minimum atomic E-state index is -0.470. The van der Waals surface area contributed by atoms with E-state index in [1.165, 1.54) is 12.1 Å². The van der Waals surface area contributed by atoms with Crippen molar-refractivity contribution in [2.75, 3.05) is 0 Å².